The summed E-state index contributed by atoms with van der Waals surface area (Å²) >= 11 is 0. The van der Waals surface area contributed by atoms with Crippen LogP contribution in [-0.2, 0) is 6.54 Å². The standard InChI is InChI=1S/C21H22FN2O/c1-23(2)20-11-13-24(14-12-20)15-16-25-21-9-5-18(6-10-21)17-3-7-19(22)8-4-17/h3-14H,15-16H2,1-2H3/q+1. The molecule has 128 valence electrons. The fourth-order valence-corrected chi connectivity index (χ4v) is 2.55. The first kappa shape index (κ1) is 17.0. The number of anilines is 1. The van der Waals surface area contributed by atoms with E-state index >= 15 is 0 Å². The van der Waals surface area contributed by atoms with Crippen LogP contribution in [0.2, 0.25) is 0 Å². The van der Waals surface area contributed by atoms with Gasteiger partial charge in [-0.25, -0.2) is 8.96 Å². The van der Waals surface area contributed by atoms with E-state index in [9.17, 15) is 4.39 Å². The van der Waals surface area contributed by atoms with Crippen LogP contribution in [0.15, 0.2) is 73.1 Å². The van der Waals surface area contributed by atoms with Gasteiger partial charge in [0, 0.05) is 31.9 Å². The molecule has 0 unspecified atom stereocenters. The molecule has 25 heavy (non-hydrogen) atoms. The molecule has 1 heterocycles. The lowest BCUT2D eigenvalue weighted by atomic mass is 10.1. The molecule has 0 bridgehead atoms. The SMILES string of the molecule is CN(C)c1cc[n+](CCOc2ccc(-c3ccc(F)cc3)cc2)cc1. The van der Waals surface area contributed by atoms with E-state index in [0.717, 1.165) is 23.4 Å². The minimum absolute atomic E-state index is 0.222. The molecule has 3 rings (SSSR count). The largest absolute Gasteiger partial charge is 0.487 e. The van der Waals surface area contributed by atoms with Gasteiger partial charge >= 0.3 is 0 Å². The third kappa shape index (κ3) is 4.57. The molecule has 3 nitrogen and oxygen atoms in total. The highest BCUT2D eigenvalue weighted by molar-refractivity contribution is 5.63. The lowest BCUT2D eigenvalue weighted by molar-refractivity contribution is -0.697. The Kier molecular flexibility index (Phi) is 5.29. The van der Waals surface area contributed by atoms with E-state index in [1.165, 1.54) is 17.8 Å². The predicted octanol–water partition coefficient (Wildman–Crippen LogP) is 3.93. The number of hydrogen-bond acceptors (Lipinski definition) is 2. The Labute approximate surface area is 147 Å². The number of ether oxygens (including phenoxy) is 1. The van der Waals surface area contributed by atoms with E-state index in [-0.39, 0.29) is 5.82 Å². The summed E-state index contributed by atoms with van der Waals surface area (Å²) in [7, 11) is 4.05. The van der Waals surface area contributed by atoms with Crippen LogP contribution >= 0.6 is 0 Å². The van der Waals surface area contributed by atoms with Crippen LogP contribution in [0.4, 0.5) is 10.1 Å². The Morgan fingerprint density at radius 3 is 1.96 bits per heavy atom. The van der Waals surface area contributed by atoms with Gasteiger partial charge in [0.2, 0.25) is 0 Å². The summed E-state index contributed by atoms with van der Waals surface area (Å²) in [6.07, 6.45) is 4.10. The molecule has 0 spiro atoms. The Morgan fingerprint density at radius 1 is 0.840 bits per heavy atom. The average molecular weight is 337 g/mol. The minimum Gasteiger partial charge on any atom is -0.487 e. The Morgan fingerprint density at radius 2 is 1.40 bits per heavy atom. The number of pyridine rings is 1. The summed E-state index contributed by atoms with van der Waals surface area (Å²) in [6, 6.07) is 18.5. The van der Waals surface area contributed by atoms with E-state index in [0.29, 0.717) is 6.61 Å². The van der Waals surface area contributed by atoms with E-state index in [1.807, 2.05) is 38.4 Å². The van der Waals surface area contributed by atoms with Gasteiger partial charge in [0.05, 0.1) is 0 Å². The smallest absolute Gasteiger partial charge is 0.182 e. The number of aromatic nitrogens is 1. The van der Waals surface area contributed by atoms with Crippen LogP contribution in [0.5, 0.6) is 5.75 Å². The zero-order valence-corrected chi connectivity index (χ0v) is 14.5. The first-order chi connectivity index (χ1) is 12.1. The Hall–Kier alpha value is -2.88. The van der Waals surface area contributed by atoms with Gasteiger partial charge < -0.3 is 9.64 Å². The topological polar surface area (TPSA) is 16.4 Å². The van der Waals surface area contributed by atoms with Gasteiger partial charge in [0.25, 0.3) is 0 Å². The lowest BCUT2D eigenvalue weighted by Crippen LogP contribution is -2.35. The molecule has 0 aliphatic rings. The van der Waals surface area contributed by atoms with Gasteiger partial charge in [-0.1, -0.05) is 24.3 Å². The van der Waals surface area contributed by atoms with Crippen molar-refractivity contribution in [2.45, 2.75) is 6.54 Å². The van der Waals surface area contributed by atoms with E-state index < -0.39 is 0 Å². The average Bonchev–Trinajstić information content (AvgIpc) is 2.63. The van der Waals surface area contributed by atoms with E-state index in [1.54, 1.807) is 12.1 Å². The van der Waals surface area contributed by atoms with Crippen LogP contribution in [0.25, 0.3) is 11.1 Å². The van der Waals surface area contributed by atoms with Gasteiger partial charge in [-0.2, -0.15) is 0 Å². The molecule has 0 fully saturated rings. The zero-order chi connectivity index (χ0) is 17.6. The monoisotopic (exact) mass is 337 g/mol. The summed E-state index contributed by atoms with van der Waals surface area (Å²) in [5.41, 5.74) is 3.21. The second kappa shape index (κ2) is 7.79. The summed E-state index contributed by atoms with van der Waals surface area (Å²) in [6.45, 7) is 1.38. The zero-order valence-electron chi connectivity index (χ0n) is 14.5. The van der Waals surface area contributed by atoms with Crippen LogP contribution in [0.1, 0.15) is 0 Å². The van der Waals surface area contributed by atoms with Crippen molar-refractivity contribution in [2.75, 3.05) is 25.6 Å². The van der Waals surface area contributed by atoms with Crippen molar-refractivity contribution in [3.8, 4) is 16.9 Å². The normalized spacial score (nSPS) is 10.5. The highest BCUT2D eigenvalue weighted by Gasteiger charge is 2.04. The Bertz CT molecular complexity index is 797. The lowest BCUT2D eigenvalue weighted by Gasteiger charge is -2.10. The van der Waals surface area contributed by atoms with E-state index in [4.69, 9.17) is 4.74 Å². The first-order valence-corrected chi connectivity index (χ1v) is 8.27. The molecule has 0 atom stereocenters. The van der Waals surface area contributed by atoms with Gasteiger partial charge in [-0.05, 0) is 35.4 Å². The second-order valence-electron chi connectivity index (χ2n) is 6.07. The summed E-state index contributed by atoms with van der Waals surface area (Å²) in [5.74, 6) is 0.608. The first-order valence-electron chi connectivity index (χ1n) is 8.27. The molecule has 0 aliphatic carbocycles. The highest BCUT2D eigenvalue weighted by Crippen LogP contribution is 2.22. The molecule has 0 saturated carbocycles. The van der Waals surface area contributed by atoms with Gasteiger partial charge in [-0.3, -0.25) is 0 Å². The summed E-state index contributed by atoms with van der Waals surface area (Å²) < 4.78 is 20.9. The quantitative estimate of drug-likeness (QED) is 0.634. The van der Waals surface area contributed by atoms with Crippen molar-refractivity contribution in [3.63, 3.8) is 0 Å². The minimum atomic E-state index is -0.222. The van der Waals surface area contributed by atoms with Gasteiger partial charge in [-0.15, -0.1) is 0 Å². The fraction of sp³-hybridized carbons (Fsp3) is 0.190. The number of benzene rings is 2. The maximum Gasteiger partial charge on any atom is 0.182 e. The molecule has 0 saturated heterocycles. The second-order valence-corrected chi connectivity index (χ2v) is 6.07. The maximum absolute atomic E-state index is 13.0. The van der Waals surface area contributed by atoms with Crippen LogP contribution in [0.3, 0.4) is 0 Å². The van der Waals surface area contributed by atoms with Crippen molar-refractivity contribution in [3.05, 3.63) is 78.9 Å². The van der Waals surface area contributed by atoms with Crippen molar-refractivity contribution in [1.82, 2.24) is 0 Å². The molecule has 0 amide bonds. The van der Waals surface area contributed by atoms with Gasteiger partial charge in [0.15, 0.2) is 18.9 Å². The molecule has 3 aromatic rings. The highest BCUT2D eigenvalue weighted by atomic mass is 19.1. The van der Waals surface area contributed by atoms with Crippen LogP contribution in [0, 0.1) is 5.82 Å². The maximum atomic E-state index is 13.0. The van der Waals surface area contributed by atoms with Crippen molar-refractivity contribution < 1.29 is 13.7 Å². The Balaban J connectivity index is 1.54. The number of hydrogen-bond donors (Lipinski definition) is 0. The van der Waals surface area contributed by atoms with Crippen LogP contribution in [-0.4, -0.2) is 20.7 Å². The number of halogens is 1. The van der Waals surface area contributed by atoms with Gasteiger partial charge in [0.1, 0.15) is 18.2 Å². The molecule has 0 N–H and O–H groups in total. The molecule has 2 aromatic carbocycles. The number of nitrogens with zero attached hydrogens (tertiary/aromatic N) is 2. The van der Waals surface area contributed by atoms with E-state index in [2.05, 4.69) is 34.0 Å². The molecule has 1 aromatic heterocycles. The molecular weight excluding hydrogens is 315 g/mol. The third-order valence-electron chi connectivity index (χ3n) is 4.04. The molecular formula is C21H22FN2O+. The van der Waals surface area contributed by atoms with Crippen molar-refractivity contribution in [1.29, 1.82) is 0 Å². The molecule has 0 aliphatic heterocycles. The summed E-state index contributed by atoms with van der Waals surface area (Å²) in [5, 5.41) is 0. The van der Waals surface area contributed by atoms with Crippen LogP contribution < -0.4 is 14.2 Å². The van der Waals surface area contributed by atoms with Crippen molar-refractivity contribution >= 4 is 5.69 Å². The number of rotatable bonds is 6. The summed E-state index contributed by atoms with van der Waals surface area (Å²) in [4.78, 5) is 2.07. The predicted molar refractivity (Wildman–Crippen MR) is 98.3 cm³/mol. The molecule has 4 heteroatoms. The van der Waals surface area contributed by atoms with Crippen molar-refractivity contribution in [2.24, 2.45) is 0 Å². The third-order valence-corrected chi connectivity index (χ3v) is 4.04. The molecule has 0 radical (unpaired) electrons. The fourth-order valence-electron chi connectivity index (χ4n) is 2.55.